The van der Waals surface area contributed by atoms with Gasteiger partial charge < -0.3 is 9.80 Å². The van der Waals surface area contributed by atoms with Crippen molar-refractivity contribution in [2.24, 2.45) is 5.92 Å². The number of anilines is 5. The van der Waals surface area contributed by atoms with E-state index in [0.29, 0.717) is 5.92 Å². The van der Waals surface area contributed by atoms with Crippen LogP contribution in [-0.2, 0) is 0 Å². The maximum absolute atomic E-state index is 2.46. The lowest BCUT2D eigenvalue weighted by atomic mass is 9.91. The van der Waals surface area contributed by atoms with E-state index in [9.17, 15) is 0 Å². The molecule has 0 saturated heterocycles. The van der Waals surface area contributed by atoms with E-state index in [1.807, 2.05) is 0 Å². The van der Waals surface area contributed by atoms with E-state index in [-0.39, 0.29) is 0 Å². The van der Waals surface area contributed by atoms with Gasteiger partial charge in [0.15, 0.2) is 0 Å². The van der Waals surface area contributed by atoms with Crippen LogP contribution in [0, 0.1) is 12.8 Å². The van der Waals surface area contributed by atoms with Gasteiger partial charge in [-0.05, 0) is 96.8 Å². The van der Waals surface area contributed by atoms with Gasteiger partial charge in [-0.2, -0.15) is 0 Å². The van der Waals surface area contributed by atoms with Gasteiger partial charge in [0.05, 0.1) is 11.4 Å². The van der Waals surface area contributed by atoms with Crippen LogP contribution >= 0.6 is 0 Å². The van der Waals surface area contributed by atoms with Gasteiger partial charge in [0.2, 0.25) is 0 Å². The molecule has 0 saturated carbocycles. The van der Waals surface area contributed by atoms with E-state index in [1.165, 1.54) is 66.6 Å². The highest BCUT2D eigenvalue weighted by atomic mass is 15.2. The van der Waals surface area contributed by atoms with E-state index in [1.54, 1.807) is 0 Å². The Morgan fingerprint density at radius 2 is 0.898 bits per heavy atom. The predicted octanol–water partition coefficient (Wildman–Crippen LogP) is 13.4. The molecule has 0 fully saturated rings. The first-order valence-corrected chi connectivity index (χ1v) is 17.2. The third-order valence-electron chi connectivity index (χ3n) is 9.82. The van der Waals surface area contributed by atoms with Gasteiger partial charge >= 0.3 is 0 Å². The van der Waals surface area contributed by atoms with Crippen LogP contribution in [0.1, 0.15) is 25.8 Å². The quantitative estimate of drug-likeness (QED) is 0.172. The number of allylic oxidation sites excluding steroid dienone is 4. The minimum absolute atomic E-state index is 0.411. The summed E-state index contributed by atoms with van der Waals surface area (Å²) in [6.45, 7) is 6.71. The van der Waals surface area contributed by atoms with Crippen LogP contribution in [0.5, 0.6) is 0 Å². The molecule has 0 N–H and O–H groups in total. The molecular weight excluding hydrogens is 593 g/mol. The topological polar surface area (TPSA) is 6.48 Å². The van der Waals surface area contributed by atoms with E-state index < -0.39 is 0 Å². The average molecular weight is 633 g/mol. The second-order valence-electron chi connectivity index (χ2n) is 13.3. The molecule has 7 aromatic carbocycles. The molecule has 49 heavy (non-hydrogen) atoms. The molecule has 7 aromatic rings. The van der Waals surface area contributed by atoms with Crippen LogP contribution in [0.4, 0.5) is 28.4 Å². The van der Waals surface area contributed by atoms with Crippen LogP contribution in [0.3, 0.4) is 0 Å². The van der Waals surface area contributed by atoms with E-state index >= 15 is 0 Å². The third-order valence-corrected chi connectivity index (χ3v) is 9.82. The summed E-state index contributed by atoms with van der Waals surface area (Å²) in [5.74, 6) is 0.411. The Labute approximate surface area is 289 Å². The lowest BCUT2D eigenvalue weighted by Gasteiger charge is -2.34. The summed E-state index contributed by atoms with van der Waals surface area (Å²) in [4.78, 5) is 4.83. The molecule has 238 valence electrons. The van der Waals surface area contributed by atoms with Gasteiger partial charge in [-0.1, -0.05) is 133 Å². The van der Waals surface area contributed by atoms with Crippen molar-refractivity contribution < 1.29 is 0 Å². The maximum Gasteiger partial charge on any atom is 0.0540 e. The minimum Gasteiger partial charge on any atom is -0.313 e. The fourth-order valence-corrected chi connectivity index (χ4v) is 7.30. The highest BCUT2D eigenvalue weighted by molar-refractivity contribution is 5.99. The summed E-state index contributed by atoms with van der Waals surface area (Å²) in [5.41, 5.74) is 12.2. The summed E-state index contributed by atoms with van der Waals surface area (Å²) < 4.78 is 0. The molecule has 0 aliphatic heterocycles. The van der Waals surface area contributed by atoms with Gasteiger partial charge in [0.25, 0.3) is 0 Å². The van der Waals surface area contributed by atoms with Crippen LogP contribution in [-0.4, -0.2) is 0 Å². The highest BCUT2D eigenvalue weighted by Crippen LogP contribution is 2.42. The number of aryl methyl sites for hydroxylation is 1. The van der Waals surface area contributed by atoms with Crippen molar-refractivity contribution in [1.29, 1.82) is 0 Å². The number of benzene rings is 7. The first-order valence-electron chi connectivity index (χ1n) is 17.2. The molecule has 1 aliphatic carbocycles. The molecule has 8 rings (SSSR count). The van der Waals surface area contributed by atoms with Crippen LogP contribution < -0.4 is 9.80 Å². The molecule has 0 aromatic heterocycles. The zero-order chi connectivity index (χ0) is 33.3. The molecule has 0 bridgehead atoms. The molecule has 2 heteroatoms. The SMILES string of the molecule is CC1=CC=C(N(c2ccc(-c3ccc(N(c4ccc(C)cc4)c4cccc5ccccc45)cc3)cc2)c2cccc3ccccc23)C(C)C1. The van der Waals surface area contributed by atoms with E-state index in [4.69, 9.17) is 0 Å². The van der Waals surface area contributed by atoms with Crippen molar-refractivity contribution in [1.82, 2.24) is 0 Å². The van der Waals surface area contributed by atoms with Crippen LogP contribution in [0.2, 0.25) is 0 Å². The monoisotopic (exact) mass is 632 g/mol. The zero-order valence-electron chi connectivity index (χ0n) is 28.3. The lowest BCUT2D eigenvalue weighted by Crippen LogP contribution is -2.23. The molecule has 1 aliphatic rings. The third kappa shape index (κ3) is 5.91. The molecule has 1 atom stereocenters. The molecule has 0 spiro atoms. The number of fused-ring (bicyclic) bond motifs is 2. The summed E-state index contributed by atoms with van der Waals surface area (Å²) in [6, 6.07) is 57.4. The fourth-order valence-electron chi connectivity index (χ4n) is 7.30. The number of rotatable bonds is 7. The summed E-state index contributed by atoms with van der Waals surface area (Å²) >= 11 is 0. The Hall–Kier alpha value is -5.86. The van der Waals surface area contributed by atoms with Crippen molar-refractivity contribution >= 4 is 50.0 Å². The number of hydrogen-bond donors (Lipinski definition) is 0. The summed E-state index contributed by atoms with van der Waals surface area (Å²) in [6.07, 6.45) is 5.66. The highest BCUT2D eigenvalue weighted by Gasteiger charge is 2.23. The standard InChI is InChI=1S/C47H40N2/c1-33-18-25-40(26-19-33)48(46-16-8-12-38-10-4-6-14-43(38)46)41-27-21-36(22-28-41)37-23-29-42(30-24-37)49(45-31-20-34(2)32-35(45)3)47-17-9-13-39-11-5-7-15-44(39)47/h4-31,35H,32H2,1-3H3. The van der Waals surface area contributed by atoms with Gasteiger partial charge in [-0.25, -0.2) is 0 Å². The molecule has 0 heterocycles. The van der Waals surface area contributed by atoms with Crippen molar-refractivity contribution in [2.75, 3.05) is 9.80 Å². The smallest absolute Gasteiger partial charge is 0.0540 e. The first kappa shape index (κ1) is 30.5. The van der Waals surface area contributed by atoms with Crippen molar-refractivity contribution in [2.45, 2.75) is 27.2 Å². The molecule has 2 nitrogen and oxygen atoms in total. The second kappa shape index (κ2) is 13.0. The van der Waals surface area contributed by atoms with Crippen molar-refractivity contribution in [3.63, 3.8) is 0 Å². The fraction of sp³-hybridized carbons (Fsp3) is 0.106. The Balaban J connectivity index is 1.17. The average Bonchev–Trinajstić information content (AvgIpc) is 3.14. The van der Waals surface area contributed by atoms with E-state index in [2.05, 4.69) is 200 Å². The van der Waals surface area contributed by atoms with Crippen LogP contribution in [0.15, 0.2) is 181 Å². The van der Waals surface area contributed by atoms with Gasteiger partial charge in [0, 0.05) is 39.4 Å². The Morgan fingerprint density at radius 1 is 0.449 bits per heavy atom. The van der Waals surface area contributed by atoms with E-state index in [0.717, 1.165) is 17.8 Å². The summed E-state index contributed by atoms with van der Waals surface area (Å²) in [7, 11) is 0. The maximum atomic E-state index is 2.46. The normalized spacial score (nSPS) is 14.4. The van der Waals surface area contributed by atoms with Crippen LogP contribution in [0.25, 0.3) is 32.7 Å². The Kier molecular flexibility index (Phi) is 8.07. The minimum atomic E-state index is 0.411. The predicted molar refractivity (Wildman–Crippen MR) is 211 cm³/mol. The largest absolute Gasteiger partial charge is 0.313 e. The first-order chi connectivity index (χ1) is 24.0. The number of nitrogens with zero attached hydrogens (tertiary/aromatic N) is 2. The van der Waals surface area contributed by atoms with Gasteiger partial charge in [0.1, 0.15) is 0 Å². The lowest BCUT2D eigenvalue weighted by molar-refractivity contribution is 0.648. The summed E-state index contributed by atoms with van der Waals surface area (Å²) in [5, 5.41) is 4.97. The Morgan fingerprint density at radius 3 is 1.43 bits per heavy atom. The second-order valence-corrected chi connectivity index (χ2v) is 13.3. The van der Waals surface area contributed by atoms with Gasteiger partial charge in [-0.3, -0.25) is 0 Å². The molecule has 0 radical (unpaired) electrons. The number of hydrogen-bond acceptors (Lipinski definition) is 2. The molecule has 0 amide bonds. The molecular formula is C47H40N2. The van der Waals surface area contributed by atoms with Gasteiger partial charge in [-0.15, -0.1) is 0 Å². The Bertz CT molecular complexity index is 2320. The zero-order valence-corrected chi connectivity index (χ0v) is 28.3. The van der Waals surface area contributed by atoms with Crippen molar-refractivity contribution in [3.05, 3.63) is 187 Å². The van der Waals surface area contributed by atoms with Crippen molar-refractivity contribution in [3.8, 4) is 11.1 Å². The molecule has 1 unspecified atom stereocenters.